The van der Waals surface area contributed by atoms with E-state index in [2.05, 4.69) is 9.97 Å². The van der Waals surface area contributed by atoms with Gasteiger partial charge in [0.05, 0.1) is 42.3 Å². The van der Waals surface area contributed by atoms with Gasteiger partial charge in [-0.1, -0.05) is 11.6 Å². The Balaban J connectivity index is 0.000000390. The van der Waals surface area contributed by atoms with E-state index < -0.39 is 37.1 Å². The van der Waals surface area contributed by atoms with Crippen molar-refractivity contribution in [1.29, 1.82) is 0 Å². The van der Waals surface area contributed by atoms with Crippen LogP contribution in [0, 0.1) is 0 Å². The first kappa shape index (κ1) is 25.2. The third-order valence-electron chi connectivity index (χ3n) is 4.19. The van der Waals surface area contributed by atoms with E-state index in [9.17, 15) is 9.59 Å². The molecule has 0 unspecified atom stereocenters. The van der Waals surface area contributed by atoms with Crippen LogP contribution in [0.3, 0.4) is 0 Å². The van der Waals surface area contributed by atoms with Crippen LogP contribution >= 0.6 is 11.6 Å². The topological polar surface area (TPSA) is 194 Å². The average molecular weight is 471 g/mol. The number of aliphatic carboxylic acids is 1. The zero-order valence-corrected chi connectivity index (χ0v) is 17.6. The van der Waals surface area contributed by atoms with Crippen molar-refractivity contribution in [2.75, 3.05) is 19.8 Å². The fourth-order valence-electron chi connectivity index (χ4n) is 2.29. The molecule has 0 saturated heterocycles. The number of benzene rings is 1. The first-order valence-corrected chi connectivity index (χ1v) is 9.65. The third kappa shape index (κ3) is 6.73. The van der Waals surface area contributed by atoms with Gasteiger partial charge >= 0.3 is 11.7 Å². The van der Waals surface area contributed by atoms with E-state index in [4.69, 9.17) is 46.9 Å². The molecular formula is C19H23ClN4O8. The van der Waals surface area contributed by atoms with Gasteiger partial charge in [-0.3, -0.25) is 9.36 Å². The fraction of sp³-hybridized carbons (Fsp3) is 0.368. The van der Waals surface area contributed by atoms with E-state index in [0.717, 1.165) is 0 Å². The molecule has 6 N–H and O–H groups in total. The Bertz CT molecular complexity index is 1070. The monoisotopic (exact) mass is 470 g/mol. The maximum atomic E-state index is 11.9. The molecule has 0 spiro atoms. The summed E-state index contributed by atoms with van der Waals surface area (Å²) in [5.74, 6) is -0.860. The van der Waals surface area contributed by atoms with Crippen molar-refractivity contribution in [1.82, 2.24) is 14.5 Å². The van der Waals surface area contributed by atoms with Gasteiger partial charge in [0.15, 0.2) is 11.4 Å². The zero-order chi connectivity index (χ0) is 23.7. The van der Waals surface area contributed by atoms with E-state index in [1.807, 2.05) is 0 Å². The number of aliphatic hydroxyl groups is 3. The molecule has 3 aromatic rings. The Morgan fingerprint density at radius 3 is 2.34 bits per heavy atom. The van der Waals surface area contributed by atoms with Gasteiger partial charge < -0.3 is 35.3 Å². The largest absolute Gasteiger partial charge is 0.484 e. The van der Waals surface area contributed by atoms with Crippen molar-refractivity contribution in [3.05, 3.63) is 52.0 Å². The van der Waals surface area contributed by atoms with Gasteiger partial charge in [-0.2, -0.15) is 0 Å². The molecule has 1 aromatic carbocycles. The minimum absolute atomic E-state index is 0.00441. The minimum atomic E-state index is -1.21. The number of hydrogen-bond donors (Lipinski definition) is 5. The molecule has 0 aliphatic carbocycles. The van der Waals surface area contributed by atoms with Crippen molar-refractivity contribution in [2.45, 2.75) is 25.1 Å². The molecule has 12 nitrogen and oxygen atoms in total. The summed E-state index contributed by atoms with van der Waals surface area (Å²) in [6.07, 6.45) is 2.99. The quantitative estimate of drug-likeness (QED) is 0.276. The summed E-state index contributed by atoms with van der Waals surface area (Å²) in [7, 11) is 0. The molecule has 2 aromatic heterocycles. The number of oxazole rings is 1. The fourth-order valence-corrected chi connectivity index (χ4v) is 2.50. The summed E-state index contributed by atoms with van der Waals surface area (Å²) < 4.78 is 11.9. The molecule has 0 bridgehead atoms. The Morgan fingerprint density at radius 2 is 1.81 bits per heavy atom. The highest BCUT2D eigenvalue weighted by Gasteiger charge is 2.20. The van der Waals surface area contributed by atoms with E-state index >= 15 is 0 Å². The Labute approximate surface area is 186 Å². The van der Waals surface area contributed by atoms with Crippen LogP contribution in [0.4, 0.5) is 0 Å². The van der Waals surface area contributed by atoms with E-state index in [0.29, 0.717) is 17.1 Å². The standard InChI is InChI=1S/C15H12ClN3O5.C4H11NO3/c16-9-6-10-12(24-15(22)19(10)5-2-14(20)21)7-11(9)23-8-13-17-3-1-4-18-13;5-4(1-6,2-7)3-8/h1,3-4,6-7H,2,5,8H2,(H,20,21);6-8H,1-3,5H2. The molecule has 174 valence electrons. The van der Waals surface area contributed by atoms with Crippen molar-refractivity contribution in [2.24, 2.45) is 5.73 Å². The van der Waals surface area contributed by atoms with Crippen LogP contribution in [0.25, 0.3) is 11.1 Å². The minimum Gasteiger partial charge on any atom is -0.484 e. The first-order valence-electron chi connectivity index (χ1n) is 9.28. The molecule has 0 amide bonds. The molecule has 3 rings (SSSR count). The van der Waals surface area contributed by atoms with E-state index in [-0.39, 0.29) is 30.2 Å². The summed E-state index contributed by atoms with van der Waals surface area (Å²) >= 11 is 6.17. The number of carboxylic acids is 1. The van der Waals surface area contributed by atoms with Gasteiger partial charge in [-0.05, 0) is 12.1 Å². The SMILES string of the molecule is NC(CO)(CO)CO.O=C(O)CCn1c(=O)oc2cc(OCc3ncccn3)c(Cl)cc21. The van der Waals surface area contributed by atoms with Crippen LogP contribution in [0.15, 0.2) is 39.8 Å². The Kier molecular flexibility index (Phi) is 9.11. The van der Waals surface area contributed by atoms with Crippen molar-refractivity contribution in [3.8, 4) is 5.75 Å². The number of rotatable bonds is 9. The predicted molar refractivity (Wildman–Crippen MR) is 112 cm³/mol. The molecule has 0 atom stereocenters. The molecular weight excluding hydrogens is 448 g/mol. The Hall–Kier alpha value is -3.03. The van der Waals surface area contributed by atoms with Crippen molar-refractivity contribution < 1.29 is 34.4 Å². The van der Waals surface area contributed by atoms with E-state index in [1.165, 1.54) is 16.7 Å². The lowest BCUT2D eigenvalue weighted by Crippen LogP contribution is -2.50. The predicted octanol–water partition coefficient (Wildman–Crippen LogP) is -0.248. The number of halogens is 1. The summed E-state index contributed by atoms with van der Waals surface area (Å²) in [4.78, 5) is 30.6. The lowest BCUT2D eigenvalue weighted by Gasteiger charge is -2.20. The van der Waals surface area contributed by atoms with Crippen molar-refractivity contribution in [3.63, 3.8) is 0 Å². The normalized spacial score (nSPS) is 11.2. The number of nitrogens with zero attached hydrogens (tertiary/aromatic N) is 3. The smallest absolute Gasteiger partial charge is 0.419 e. The van der Waals surface area contributed by atoms with Gasteiger partial charge in [0, 0.05) is 25.0 Å². The van der Waals surface area contributed by atoms with Gasteiger partial charge in [0.25, 0.3) is 0 Å². The number of aryl methyl sites for hydroxylation is 1. The van der Waals surface area contributed by atoms with Crippen LogP contribution in [0.5, 0.6) is 5.75 Å². The number of fused-ring (bicyclic) bond motifs is 1. The first-order chi connectivity index (χ1) is 15.2. The molecule has 32 heavy (non-hydrogen) atoms. The highest BCUT2D eigenvalue weighted by Crippen LogP contribution is 2.30. The lowest BCUT2D eigenvalue weighted by molar-refractivity contribution is -0.137. The van der Waals surface area contributed by atoms with Gasteiger partial charge in [-0.25, -0.2) is 14.8 Å². The number of ether oxygens (including phenoxy) is 1. The molecule has 0 saturated carbocycles. The van der Waals surface area contributed by atoms with Gasteiger partial charge in [0.2, 0.25) is 0 Å². The van der Waals surface area contributed by atoms with Gasteiger partial charge in [-0.15, -0.1) is 0 Å². The summed E-state index contributed by atoms with van der Waals surface area (Å²) in [6.45, 7) is -1.11. The third-order valence-corrected chi connectivity index (χ3v) is 4.49. The number of aliphatic hydroxyl groups excluding tert-OH is 3. The molecule has 13 heteroatoms. The highest BCUT2D eigenvalue weighted by molar-refractivity contribution is 6.32. The van der Waals surface area contributed by atoms with E-state index in [1.54, 1.807) is 18.5 Å². The lowest BCUT2D eigenvalue weighted by atomic mass is 10.1. The molecule has 0 aliphatic rings. The van der Waals surface area contributed by atoms with Crippen LogP contribution < -0.4 is 16.2 Å². The number of aromatic nitrogens is 3. The number of hydrogen-bond acceptors (Lipinski definition) is 10. The second-order valence-corrected chi connectivity index (χ2v) is 7.11. The molecule has 0 aliphatic heterocycles. The number of carbonyl (C=O) groups is 1. The second-order valence-electron chi connectivity index (χ2n) is 6.70. The number of nitrogens with two attached hydrogens (primary N) is 1. The number of carboxylic acid groups (broad SMARTS) is 1. The summed E-state index contributed by atoms with van der Waals surface area (Å²) in [5.41, 5.74) is 4.61. The van der Waals surface area contributed by atoms with Crippen molar-refractivity contribution >= 4 is 28.7 Å². The molecule has 0 radical (unpaired) electrons. The maximum Gasteiger partial charge on any atom is 0.419 e. The van der Waals surface area contributed by atoms with Gasteiger partial charge in [0.1, 0.15) is 12.4 Å². The Morgan fingerprint density at radius 1 is 1.19 bits per heavy atom. The molecule has 0 fully saturated rings. The summed E-state index contributed by atoms with van der Waals surface area (Å²) in [6, 6.07) is 4.68. The maximum absolute atomic E-state index is 11.9. The second kappa shape index (κ2) is 11.5. The van der Waals surface area contributed by atoms with Crippen LogP contribution in [-0.4, -0.2) is 66.3 Å². The van der Waals surface area contributed by atoms with Crippen LogP contribution in [0.2, 0.25) is 5.02 Å². The molecule has 2 heterocycles. The van der Waals surface area contributed by atoms with Crippen LogP contribution in [-0.2, 0) is 17.9 Å². The summed E-state index contributed by atoms with van der Waals surface area (Å²) in [5, 5.41) is 34.0. The van der Waals surface area contributed by atoms with Crippen LogP contribution in [0.1, 0.15) is 12.2 Å². The highest BCUT2D eigenvalue weighted by atomic mass is 35.5. The zero-order valence-electron chi connectivity index (χ0n) is 16.8. The average Bonchev–Trinajstić information content (AvgIpc) is 3.10.